The van der Waals surface area contributed by atoms with Crippen molar-refractivity contribution in [2.45, 2.75) is 6.54 Å². The van der Waals surface area contributed by atoms with Crippen LogP contribution in [0.3, 0.4) is 0 Å². The number of nitrogen functional groups attached to an aromatic ring is 1. The van der Waals surface area contributed by atoms with Crippen molar-refractivity contribution in [3.8, 4) is 11.3 Å². The van der Waals surface area contributed by atoms with Gasteiger partial charge in [-0.2, -0.15) is 5.01 Å². The van der Waals surface area contributed by atoms with Crippen LogP contribution < -0.4 is 27.9 Å². The molecular formula is C10H11ClN4O. The molecule has 0 amide bonds. The summed E-state index contributed by atoms with van der Waals surface area (Å²) in [5.74, 6) is 0.356. The number of nitrogens with two attached hydrogens (primary N) is 1. The first-order chi connectivity index (χ1) is 7.27. The molecule has 1 aliphatic rings. The van der Waals surface area contributed by atoms with E-state index in [1.807, 2.05) is 30.3 Å². The molecule has 1 aliphatic heterocycles. The predicted molar refractivity (Wildman–Crippen MR) is 54.4 cm³/mol. The number of halogens is 1. The summed E-state index contributed by atoms with van der Waals surface area (Å²) in [6.07, 6.45) is 0. The van der Waals surface area contributed by atoms with E-state index in [4.69, 9.17) is 10.3 Å². The zero-order valence-electron chi connectivity index (χ0n) is 8.72. The molecule has 0 bridgehead atoms. The molecule has 0 saturated heterocycles. The molecule has 1 aromatic carbocycles. The highest BCUT2D eigenvalue weighted by atomic mass is 35.5. The lowest BCUT2D eigenvalue weighted by molar-refractivity contribution is -0.749. The van der Waals surface area contributed by atoms with Crippen LogP contribution in [0.2, 0.25) is 0 Å². The number of hydrogen-bond donors (Lipinski definition) is 1. The zero-order valence-corrected chi connectivity index (χ0v) is 9.48. The summed E-state index contributed by atoms with van der Waals surface area (Å²) in [6, 6.07) is 8.12. The Kier molecular flexibility index (Phi) is 2.47. The van der Waals surface area contributed by atoms with Crippen LogP contribution >= 0.6 is 0 Å². The smallest absolute Gasteiger partial charge is 0.338 e. The normalized spacial score (nSPS) is 12.7. The number of hydrogen-bond acceptors (Lipinski definition) is 4. The number of anilines is 1. The average molecular weight is 239 g/mol. The van der Waals surface area contributed by atoms with Gasteiger partial charge in [-0.1, -0.05) is 18.2 Å². The van der Waals surface area contributed by atoms with Crippen molar-refractivity contribution >= 4 is 5.88 Å². The van der Waals surface area contributed by atoms with Crippen molar-refractivity contribution in [2.75, 3.05) is 17.8 Å². The summed E-state index contributed by atoms with van der Waals surface area (Å²) in [4.78, 5) is 1.69. The number of benzene rings is 1. The standard InChI is InChI=1S/C10H11N4O.ClH/c1-13-6-7-4-2-3-5-8(7)9-10(11)15-12-14(9)13;/h2-5H,6,11H2,1H3;1H/q+1;/p-1. The molecule has 2 N–H and O–H groups in total. The summed E-state index contributed by atoms with van der Waals surface area (Å²) in [6.45, 7) is 0.805. The largest absolute Gasteiger partial charge is 1.00 e. The molecule has 6 heteroatoms. The maximum atomic E-state index is 5.76. The quantitative estimate of drug-likeness (QED) is 0.508. The Labute approximate surface area is 98.8 Å². The second-order valence-electron chi connectivity index (χ2n) is 3.65. The highest BCUT2D eigenvalue weighted by Gasteiger charge is 2.34. The molecule has 0 atom stereocenters. The van der Waals surface area contributed by atoms with Gasteiger partial charge >= 0.3 is 11.6 Å². The second kappa shape index (κ2) is 3.68. The monoisotopic (exact) mass is 238 g/mol. The fourth-order valence-electron chi connectivity index (χ4n) is 1.94. The summed E-state index contributed by atoms with van der Waals surface area (Å²) in [5.41, 5.74) is 8.92. The Balaban J connectivity index is 0.000000963. The highest BCUT2D eigenvalue weighted by Crippen LogP contribution is 2.28. The van der Waals surface area contributed by atoms with Gasteiger partial charge in [0.15, 0.2) is 0 Å². The van der Waals surface area contributed by atoms with E-state index in [0.29, 0.717) is 5.88 Å². The van der Waals surface area contributed by atoms with Crippen LogP contribution in [0.5, 0.6) is 0 Å². The zero-order chi connectivity index (χ0) is 10.4. The fourth-order valence-corrected chi connectivity index (χ4v) is 1.94. The topological polar surface area (TPSA) is 59.2 Å². The predicted octanol–water partition coefficient (Wildman–Crippen LogP) is -2.70. The molecular weight excluding hydrogens is 228 g/mol. The van der Waals surface area contributed by atoms with Crippen molar-refractivity contribution in [3.05, 3.63) is 29.8 Å². The Morgan fingerprint density at radius 1 is 1.44 bits per heavy atom. The molecule has 84 valence electrons. The van der Waals surface area contributed by atoms with Crippen molar-refractivity contribution < 1.29 is 21.7 Å². The van der Waals surface area contributed by atoms with Crippen molar-refractivity contribution in [2.24, 2.45) is 0 Å². The lowest BCUT2D eigenvalue weighted by Gasteiger charge is -2.16. The molecule has 16 heavy (non-hydrogen) atoms. The van der Waals surface area contributed by atoms with Crippen LogP contribution in [0, 0.1) is 0 Å². The maximum absolute atomic E-state index is 5.76. The first kappa shape index (κ1) is 10.8. The Morgan fingerprint density at radius 2 is 2.19 bits per heavy atom. The van der Waals surface area contributed by atoms with Crippen LogP contribution in [0.1, 0.15) is 5.56 Å². The van der Waals surface area contributed by atoms with Crippen molar-refractivity contribution in [3.63, 3.8) is 0 Å². The van der Waals surface area contributed by atoms with Gasteiger partial charge in [0.2, 0.25) is 5.27 Å². The van der Waals surface area contributed by atoms with E-state index in [9.17, 15) is 0 Å². The minimum absolute atomic E-state index is 0. The molecule has 0 aliphatic carbocycles. The summed E-state index contributed by atoms with van der Waals surface area (Å²) < 4.78 is 4.99. The van der Waals surface area contributed by atoms with Gasteiger partial charge in [-0.3, -0.25) is 4.52 Å². The number of nitrogens with zero attached hydrogens (tertiary/aromatic N) is 3. The van der Waals surface area contributed by atoms with Crippen LogP contribution in [0.15, 0.2) is 28.8 Å². The average Bonchev–Trinajstić information content (AvgIpc) is 2.62. The summed E-state index contributed by atoms with van der Waals surface area (Å²) in [5, 5.41) is 5.83. The third kappa shape index (κ3) is 1.32. The van der Waals surface area contributed by atoms with Gasteiger partial charge in [0, 0.05) is 0 Å². The van der Waals surface area contributed by atoms with Gasteiger partial charge in [0.05, 0.1) is 17.4 Å². The molecule has 3 rings (SSSR count). The van der Waals surface area contributed by atoms with Gasteiger partial charge in [0.1, 0.15) is 6.54 Å². The van der Waals surface area contributed by atoms with Crippen molar-refractivity contribution in [1.29, 1.82) is 0 Å². The Hall–Kier alpha value is -1.75. The van der Waals surface area contributed by atoms with E-state index in [2.05, 4.69) is 11.3 Å². The summed E-state index contributed by atoms with van der Waals surface area (Å²) in [7, 11) is 1.95. The van der Waals surface area contributed by atoms with E-state index >= 15 is 0 Å². The molecule has 0 spiro atoms. The molecule has 0 fully saturated rings. The molecule has 0 saturated carbocycles. The van der Waals surface area contributed by atoms with Crippen LogP contribution in [-0.4, -0.2) is 12.3 Å². The van der Waals surface area contributed by atoms with Crippen molar-refractivity contribution in [1.82, 2.24) is 5.27 Å². The first-order valence-corrected chi connectivity index (χ1v) is 4.74. The molecule has 0 unspecified atom stereocenters. The molecule has 1 aromatic heterocycles. The minimum Gasteiger partial charge on any atom is -1.00 e. The Morgan fingerprint density at radius 3 is 3.00 bits per heavy atom. The lowest BCUT2D eigenvalue weighted by Crippen LogP contribution is -3.00. The van der Waals surface area contributed by atoms with Gasteiger partial charge in [-0.25, -0.2) is 0 Å². The lowest BCUT2D eigenvalue weighted by atomic mass is 10.0. The van der Waals surface area contributed by atoms with Crippen LogP contribution in [0.25, 0.3) is 11.3 Å². The van der Waals surface area contributed by atoms with Gasteiger partial charge in [0.25, 0.3) is 0 Å². The Bertz CT molecular complexity index is 525. The van der Waals surface area contributed by atoms with E-state index < -0.39 is 0 Å². The van der Waals surface area contributed by atoms with Crippen LogP contribution in [0.4, 0.5) is 5.88 Å². The minimum atomic E-state index is 0. The van der Waals surface area contributed by atoms with Gasteiger partial charge in [-0.15, -0.1) is 0 Å². The van der Waals surface area contributed by atoms with Gasteiger partial charge in [-0.05, 0) is 11.6 Å². The fraction of sp³-hybridized carbons (Fsp3) is 0.200. The number of aromatic nitrogens is 2. The SMILES string of the molecule is CN1Cc2ccccc2-c2c(N)on[n+]21.[Cl-]. The third-order valence-corrected chi connectivity index (χ3v) is 2.64. The molecule has 2 aromatic rings. The molecule has 0 radical (unpaired) electrons. The van der Waals surface area contributed by atoms with E-state index in [1.54, 1.807) is 4.79 Å². The molecule has 5 nitrogen and oxygen atoms in total. The first-order valence-electron chi connectivity index (χ1n) is 4.74. The number of fused-ring (bicyclic) bond motifs is 3. The van der Waals surface area contributed by atoms with E-state index in [-0.39, 0.29) is 12.4 Å². The summed E-state index contributed by atoms with van der Waals surface area (Å²) >= 11 is 0. The van der Waals surface area contributed by atoms with Gasteiger partial charge < -0.3 is 18.1 Å². The third-order valence-electron chi connectivity index (χ3n) is 2.64. The highest BCUT2D eigenvalue weighted by molar-refractivity contribution is 5.69. The second-order valence-corrected chi connectivity index (χ2v) is 3.65. The van der Waals surface area contributed by atoms with Crippen LogP contribution in [-0.2, 0) is 6.54 Å². The maximum Gasteiger partial charge on any atom is 0.338 e. The van der Waals surface area contributed by atoms with E-state index in [0.717, 1.165) is 17.8 Å². The van der Waals surface area contributed by atoms with E-state index in [1.165, 1.54) is 5.56 Å². The number of rotatable bonds is 0. The molecule has 2 heterocycles.